The molecule has 0 aromatic rings. The summed E-state index contributed by atoms with van der Waals surface area (Å²) in [6.45, 7) is 10.1. The van der Waals surface area contributed by atoms with E-state index < -0.39 is 0 Å². The largest absolute Gasteiger partial charge is 0.197 e. The Kier molecular flexibility index (Phi) is 4.48. The van der Waals surface area contributed by atoms with Crippen molar-refractivity contribution in [1.82, 2.24) is 0 Å². The lowest BCUT2D eigenvalue weighted by Gasteiger charge is -2.15. The van der Waals surface area contributed by atoms with Gasteiger partial charge in [-0.2, -0.15) is 5.26 Å². The second-order valence-corrected chi connectivity index (χ2v) is 4.24. The molecule has 0 aliphatic rings. The van der Waals surface area contributed by atoms with Crippen LogP contribution in [0, 0.1) is 16.7 Å². The van der Waals surface area contributed by atoms with Gasteiger partial charge in [0.05, 0.1) is 11.5 Å². The Morgan fingerprint density at radius 1 is 1.23 bits per heavy atom. The van der Waals surface area contributed by atoms with Gasteiger partial charge in [0.1, 0.15) is 0 Å². The number of rotatable bonds is 3. The number of hydrogen-bond acceptors (Lipinski definition) is 1. The number of allylic oxidation sites excluding steroid dienone is 4. The first-order chi connectivity index (χ1) is 5.89. The highest BCUT2D eigenvalue weighted by atomic mass is 14.3. The molecule has 1 nitrogen and oxygen atoms in total. The molecule has 0 heterocycles. The highest BCUT2D eigenvalue weighted by Gasteiger charge is 2.18. The molecule has 0 spiro atoms. The molecule has 1 heteroatoms. The van der Waals surface area contributed by atoms with E-state index >= 15 is 0 Å². The van der Waals surface area contributed by atoms with Crippen molar-refractivity contribution in [2.24, 2.45) is 5.41 Å². The fraction of sp³-hybridized carbons (Fsp3) is 0.583. The molecule has 0 aromatic heterocycles. The van der Waals surface area contributed by atoms with Gasteiger partial charge in [-0.25, -0.2) is 0 Å². The Hall–Kier alpha value is -1.03. The molecule has 1 atom stereocenters. The average Bonchev–Trinajstić information content (AvgIpc) is 2.00. The van der Waals surface area contributed by atoms with Crippen LogP contribution in [0.1, 0.15) is 41.0 Å². The maximum atomic E-state index is 9.02. The summed E-state index contributed by atoms with van der Waals surface area (Å²) in [6, 6.07) is 2.34. The molecule has 0 amide bonds. The standard InChI is InChI=1S/C12H19N/c1-10(2)6-7-12(5,9-13)8-11(3)4/h6,8H,7H2,1-5H3. The minimum atomic E-state index is -0.337. The topological polar surface area (TPSA) is 23.8 Å². The van der Waals surface area contributed by atoms with Gasteiger partial charge in [-0.1, -0.05) is 23.3 Å². The van der Waals surface area contributed by atoms with Gasteiger partial charge in [-0.05, 0) is 41.0 Å². The maximum Gasteiger partial charge on any atom is 0.0762 e. The summed E-state index contributed by atoms with van der Waals surface area (Å²) >= 11 is 0. The Balaban J connectivity index is 4.59. The van der Waals surface area contributed by atoms with Crippen molar-refractivity contribution in [3.8, 4) is 6.07 Å². The van der Waals surface area contributed by atoms with Gasteiger partial charge in [-0.3, -0.25) is 0 Å². The highest BCUT2D eigenvalue weighted by Crippen LogP contribution is 2.24. The molecular weight excluding hydrogens is 158 g/mol. The molecular formula is C12H19N. The summed E-state index contributed by atoms with van der Waals surface area (Å²) in [4.78, 5) is 0. The first-order valence-corrected chi connectivity index (χ1v) is 4.60. The molecule has 0 radical (unpaired) electrons. The van der Waals surface area contributed by atoms with Gasteiger partial charge in [0.25, 0.3) is 0 Å². The zero-order valence-electron chi connectivity index (χ0n) is 9.31. The molecule has 0 saturated heterocycles. The smallest absolute Gasteiger partial charge is 0.0762 e. The fourth-order valence-electron chi connectivity index (χ4n) is 1.19. The van der Waals surface area contributed by atoms with E-state index in [1.54, 1.807) is 0 Å². The maximum absolute atomic E-state index is 9.02. The molecule has 0 bridgehead atoms. The van der Waals surface area contributed by atoms with Crippen LogP contribution in [0.15, 0.2) is 23.3 Å². The van der Waals surface area contributed by atoms with Crippen LogP contribution >= 0.6 is 0 Å². The monoisotopic (exact) mass is 177 g/mol. The van der Waals surface area contributed by atoms with Gasteiger partial charge in [0, 0.05) is 0 Å². The van der Waals surface area contributed by atoms with Crippen LogP contribution < -0.4 is 0 Å². The van der Waals surface area contributed by atoms with E-state index in [9.17, 15) is 0 Å². The third kappa shape index (κ3) is 5.25. The third-order valence-corrected chi connectivity index (χ3v) is 1.80. The summed E-state index contributed by atoms with van der Waals surface area (Å²) in [7, 11) is 0. The van der Waals surface area contributed by atoms with Crippen molar-refractivity contribution in [1.29, 1.82) is 5.26 Å². The molecule has 13 heavy (non-hydrogen) atoms. The van der Waals surface area contributed by atoms with Gasteiger partial charge >= 0.3 is 0 Å². The van der Waals surface area contributed by atoms with E-state index in [-0.39, 0.29) is 5.41 Å². The molecule has 0 aliphatic carbocycles. The van der Waals surface area contributed by atoms with Crippen LogP contribution in [0.4, 0.5) is 0 Å². The van der Waals surface area contributed by atoms with Crippen LogP contribution in [-0.2, 0) is 0 Å². The minimum Gasteiger partial charge on any atom is -0.197 e. The predicted octanol–water partition coefficient (Wildman–Crippen LogP) is 3.84. The normalized spacial score (nSPS) is 13.8. The zero-order chi connectivity index (χ0) is 10.5. The van der Waals surface area contributed by atoms with E-state index in [0.29, 0.717) is 0 Å². The van der Waals surface area contributed by atoms with Crippen molar-refractivity contribution in [2.75, 3.05) is 0 Å². The Bertz CT molecular complexity index is 257. The van der Waals surface area contributed by atoms with Crippen LogP contribution in [0.3, 0.4) is 0 Å². The van der Waals surface area contributed by atoms with Crippen LogP contribution in [0.25, 0.3) is 0 Å². The lowest BCUT2D eigenvalue weighted by molar-refractivity contribution is 0.572. The number of nitrogens with zero attached hydrogens (tertiary/aromatic N) is 1. The Morgan fingerprint density at radius 3 is 2.08 bits per heavy atom. The quantitative estimate of drug-likeness (QED) is 0.601. The summed E-state index contributed by atoms with van der Waals surface area (Å²) in [6.07, 6.45) is 4.95. The molecule has 0 fully saturated rings. The second-order valence-electron chi connectivity index (χ2n) is 4.24. The zero-order valence-corrected chi connectivity index (χ0v) is 9.31. The van der Waals surface area contributed by atoms with Crippen LogP contribution in [-0.4, -0.2) is 0 Å². The lowest BCUT2D eigenvalue weighted by atomic mass is 9.86. The molecule has 1 unspecified atom stereocenters. The van der Waals surface area contributed by atoms with Crippen molar-refractivity contribution in [2.45, 2.75) is 41.0 Å². The van der Waals surface area contributed by atoms with Gasteiger partial charge in [0.2, 0.25) is 0 Å². The van der Waals surface area contributed by atoms with Crippen molar-refractivity contribution in [3.05, 3.63) is 23.3 Å². The van der Waals surface area contributed by atoms with Crippen LogP contribution in [0.2, 0.25) is 0 Å². The average molecular weight is 177 g/mol. The van der Waals surface area contributed by atoms with E-state index in [4.69, 9.17) is 5.26 Å². The highest BCUT2D eigenvalue weighted by molar-refractivity contribution is 5.17. The van der Waals surface area contributed by atoms with Gasteiger partial charge in [-0.15, -0.1) is 0 Å². The number of nitriles is 1. The fourth-order valence-corrected chi connectivity index (χ4v) is 1.19. The van der Waals surface area contributed by atoms with Gasteiger partial charge < -0.3 is 0 Å². The molecule has 0 N–H and O–H groups in total. The Morgan fingerprint density at radius 2 is 1.77 bits per heavy atom. The summed E-state index contributed by atoms with van der Waals surface area (Å²) < 4.78 is 0. The van der Waals surface area contributed by atoms with Crippen molar-refractivity contribution in [3.63, 3.8) is 0 Å². The van der Waals surface area contributed by atoms with E-state index in [2.05, 4.69) is 26.0 Å². The molecule has 0 rings (SSSR count). The lowest BCUT2D eigenvalue weighted by Crippen LogP contribution is -2.09. The molecule has 0 saturated carbocycles. The third-order valence-electron chi connectivity index (χ3n) is 1.80. The molecule has 0 aromatic carbocycles. The Labute approximate surface area is 81.8 Å². The van der Waals surface area contributed by atoms with Crippen molar-refractivity contribution < 1.29 is 0 Å². The van der Waals surface area contributed by atoms with E-state index in [0.717, 1.165) is 6.42 Å². The SMILES string of the molecule is CC(C)=CCC(C)(C#N)C=C(C)C. The van der Waals surface area contributed by atoms with E-state index in [1.165, 1.54) is 11.1 Å². The molecule has 72 valence electrons. The summed E-state index contributed by atoms with van der Waals surface area (Å²) in [5, 5.41) is 9.02. The second kappa shape index (κ2) is 4.87. The van der Waals surface area contributed by atoms with Gasteiger partial charge in [0.15, 0.2) is 0 Å². The number of hydrogen-bond donors (Lipinski definition) is 0. The minimum absolute atomic E-state index is 0.337. The predicted molar refractivity (Wildman–Crippen MR) is 57.2 cm³/mol. The summed E-state index contributed by atoms with van der Waals surface area (Å²) in [5.74, 6) is 0. The van der Waals surface area contributed by atoms with E-state index in [1.807, 2.05) is 26.8 Å². The van der Waals surface area contributed by atoms with Crippen LogP contribution in [0.5, 0.6) is 0 Å². The van der Waals surface area contributed by atoms with Crippen molar-refractivity contribution >= 4 is 0 Å². The summed E-state index contributed by atoms with van der Waals surface area (Å²) in [5.41, 5.74) is 2.13. The molecule has 0 aliphatic heterocycles. The first-order valence-electron chi connectivity index (χ1n) is 4.60. The first kappa shape index (κ1) is 12.0.